The Kier molecular flexibility index (Phi) is 66.6. The van der Waals surface area contributed by atoms with Crippen molar-refractivity contribution in [2.45, 2.75) is 374 Å². The third-order valence-corrected chi connectivity index (χ3v) is 15.7. The third kappa shape index (κ3) is 67.5. The Hall–Kier alpha value is -3.15. The van der Waals surface area contributed by atoms with Crippen molar-refractivity contribution in [2.75, 3.05) is 13.2 Å². The lowest BCUT2D eigenvalue weighted by molar-refractivity contribution is -0.167. The Morgan fingerprint density at radius 1 is 0.259 bits per heavy atom. The Balaban J connectivity index is 4.32. The van der Waals surface area contributed by atoms with E-state index in [1.165, 1.54) is 231 Å². The number of allylic oxidation sites excluding steroid dienone is 12. The number of ether oxygens (including phenoxy) is 3. The number of carbonyl (C=O) groups is 3. The first-order chi connectivity index (χ1) is 40.0. The van der Waals surface area contributed by atoms with Gasteiger partial charge in [0.15, 0.2) is 6.10 Å². The van der Waals surface area contributed by atoms with Crippen molar-refractivity contribution in [3.63, 3.8) is 0 Å². The van der Waals surface area contributed by atoms with Gasteiger partial charge in [0.05, 0.1) is 0 Å². The van der Waals surface area contributed by atoms with Crippen LogP contribution in [0.5, 0.6) is 0 Å². The molecular weight excluding hydrogens is 997 g/mol. The van der Waals surface area contributed by atoms with Crippen LogP contribution in [0.3, 0.4) is 0 Å². The molecule has 470 valence electrons. The van der Waals surface area contributed by atoms with Crippen LogP contribution in [0.1, 0.15) is 367 Å². The summed E-state index contributed by atoms with van der Waals surface area (Å²) in [6.45, 7) is 6.56. The molecule has 1 unspecified atom stereocenters. The largest absolute Gasteiger partial charge is 0.462 e. The number of hydrogen-bond acceptors (Lipinski definition) is 6. The second kappa shape index (κ2) is 69.3. The standard InChI is InChI=1S/C75H134O6/c1-4-7-10-13-16-19-22-25-28-31-33-35-36-37-38-40-41-44-47-50-53-56-59-62-65-68-74(77)80-71-72(70-79-73(76)67-64-61-58-55-52-49-46-43-30-27-24-21-18-15-12-9-6-3)81-75(78)69-66-63-60-57-54-51-48-45-42-39-34-32-29-26-23-20-17-14-11-8-5-2/h7,10,16,18-19,21,25,27-28,30,33,35,72H,4-6,8-9,11-15,17,20,22-24,26,29,31-32,34,36-71H2,1-3H3/b10-7-,19-16-,21-18-,28-25-,30-27-,35-33-. The number of carbonyl (C=O) groups excluding carboxylic acids is 3. The maximum atomic E-state index is 13.0. The van der Waals surface area contributed by atoms with Crippen LogP contribution in [0.4, 0.5) is 0 Å². The summed E-state index contributed by atoms with van der Waals surface area (Å²) in [6, 6.07) is 0. The van der Waals surface area contributed by atoms with Crippen molar-refractivity contribution in [1.82, 2.24) is 0 Å². The van der Waals surface area contributed by atoms with Gasteiger partial charge in [-0.1, -0.05) is 331 Å². The Morgan fingerprint density at radius 3 is 0.778 bits per heavy atom. The summed E-state index contributed by atoms with van der Waals surface area (Å²) in [7, 11) is 0. The van der Waals surface area contributed by atoms with Gasteiger partial charge in [-0.3, -0.25) is 14.4 Å². The van der Waals surface area contributed by atoms with Crippen molar-refractivity contribution >= 4 is 17.9 Å². The molecule has 81 heavy (non-hydrogen) atoms. The van der Waals surface area contributed by atoms with Gasteiger partial charge in [0.2, 0.25) is 0 Å². The van der Waals surface area contributed by atoms with E-state index < -0.39 is 6.10 Å². The van der Waals surface area contributed by atoms with Crippen molar-refractivity contribution in [2.24, 2.45) is 0 Å². The first-order valence-electron chi connectivity index (χ1n) is 35.4. The van der Waals surface area contributed by atoms with Crippen LogP contribution in [-0.4, -0.2) is 37.2 Å². The van der Waals surface area contributed by atoms with E-state index in [0.717, 1.165) is 96.3 Å². The first kappa shape index (κ1) is 77.9. The van der Waals surface area contributed by atoms with Gasteiger partial charge in [-0.05, 0) is 89.9 Å². The average molecular weight is 1130 g/mol. The fraction of sp³-hybridized carbons (Fsp3) is 0.800. The summed E-state index contributed by atoms with van der Waals surface area (Å²) in [6.07, 6.45) is 90.6. The van der Waals surface area contributed by atoms with E-state index in [4.69, 9.17) is 14.2 Å². The molecule has 0 aromatic rings. The molecule has 1 atom stereocenters. The molecule has 0 spiro atoms. The molecule has 0 N–H and O–H groups in total. The highest BCUT2D eigenvalue weighted by Gasteiger charge is 2.19. The predicted molar refractivity (Wildman–Crippen MR) is 353 cm³/mol. The Labute approximate surface area is 503 Å². The molecule has 0 bridgehead atoms. The highest BCUT2D eigenvalue weighted by Crippen LogP contribution is 2.18. The average Bonchev–Trinajstić information content (AvgIpc) is 3.47. The topological polar surface area (TPSA) is 78.9 Å². The molecule has 0 radical (unpaired) electrons. The molecule has 6 nitrogen and oxygen atoms in total. The van der Waals surface area contributed by atoms with Gasteiger partial charge >= 0.3 is 17.9 Å². The molecular formula is C75H134O6. The molecule has 0 aliphatic carbocycles. The summed E-state index contributed by atoms with van der Waals surface area (Å²) in [5.41, 5.74) is 0. The van der Waals surface area contributed by atoms with E-state index in [2.05, 4.69) is 93.7 Å². The molecule has 0 amide bonds. The lowest BCUT2D eigenvalue weighted by atomic mass is 10.0. The molecule has 0 aliphatic heterocycles. The molecule has 0 rings (SSSR count). The zero-order valence-corrected chi connectivity index (χ0v) is 54.1. The number of unbranched alkanes of at least 4 members (excludes halogenated alkanes) is 42. The molecule has 0 saturated heterocycles. The van der Waals surface area contributed by atoms with E-state index in [0.29, 0.717) is 19.3 Å². The second-order valence-corrected chi connectivity index (χ2v) is 23.8. The minimum Gasteiger partial charge on any atom is -0.462 e. The van der Waals surface area contributed by atoms with E-state index in [1.807, 2.05) is 0 Å². The summed E-state index contributed by atoms with van der Waals surface area (Å²) in [5.74, 6) is -0.860. The minimum absolute atomic E-state index is 0.0750. The van der Waals surface area contributed by atoms with Crippen LogP contribution in [0, 0.1) is 0 Å². The van der Waals surface area contributed by atoms with Gasteiger partial charge in [0.25, 0.3) is 0 Å². The van der Waals surface area contributed by atoms with Crippen LogP contribution < -0.4 is 0 Å². The lowest BCUT2D eigenvalue weighted by Gasteiger charge is -2.18. The van der Waals surface area contributed by atoms with Gasteiger partial charge in [0.1, 0.15) is 13.2 Å². The fourth-order valence-electron chi connectivity index (χ4n) is 10.4. The van der Waals surface area contributed by atoms with Gasteiger partial charge in [-0.25, -0.2) is 0 Å². The normalized spacial score (nSPS) is 12.5. The second-order valence-electron chi connectivity index (χ2n) is 23.8. The molecule has 0 heterocycles. The van der Waals surface area contributed by atoms with E-state index in [-0.39, 0.29) is 31.1 Å². The maximum absolute atomic E-state index is 13.0. The highest BCUT2D eigenvalue weighted by atomic mass is 16.6. The highest BCUT2D eigenvalue weighted by molar-refractivity contribution is 5.71. The summed E-state index contributed by atoms with van der Waals surface area (Å²) < 4.78 is 17.0. The summed E-state index contributed by atoms with van der Waals surface area (Å²) >= 11 is 0. The van der Waals surface area contributed by atoms with E-state index in [9.17, 15) is 14.4 Å². The third-order valence-electron chi connectivity index (χ3n) is 15.7. The number of esters is 3. The van der Waals surface area contributed by atoms with Gasteiger partial charge in [0, 0.05) is 19.3 Å². The lowest BCUT2D eigenvalue weighted by Crippen LogP contribution is -2.30. The van der Waals surface area contributed by atoms with Crippen molar-refractivity contribution in [3.05, 3.63) is 72.9 Å². The molecule has 6 heteroatoms. The molecule has 0 fully saturated rings. The van der Waals surface area contributed by atoms with Crippen LogP contribution in [-0.2, 0) is 28.6 Å². The van der Waals surface area contributed by atoms with Crippen LogP contribution in [0.15, 0.2) is 72.9 Å². The van der Waals surface area contributed by atoms with Crippen molar-refractivity contribution < 1.29 is 28.6 Å². The van der Waals surface area contributed by atoms with E-state index in [1.54, 1.807) is 0 Å². The minimum atomic E-state index is -0.779. The summed E-state index contributed by atoms with van der Waals surface area (Å²) in [5, 5.41) is 0. The number of rotatable bonds is 65. The quantitative estimate of drug-likeness (QED) is 0.0261. The SMILES string of the molecule is CC/C=C\C/C=C\C/C=C\C/C=C\CCCCCCCCCCCCCCC(=O)OCC(COC(=O)CCCCCCCCC/C=C\C/C=C\CCCCC)OC(=O)CCCCCCCCCCCCCCCCCCCCCCC. The van der Waals surface area contributed by atoms with Gasteiger partial charge < -0.3 is 14.2 Å². The van der Waals surface area contributed by atoms with Crippen LogP contribution in [0.25, 0.3) is 0 Å². The smallest absolute Gasteiger partial charge is 0.306 e. The summed E-state index contributed by atoms with van der Waals surface area (Å²) in [4.78, 5) is 38.5. The molecule has 0 aromatic heterocycles. The Bertz CT molecular complexity index is 1490. The predicted octanol–water partition coefficient (Wildman–Crippen LogP) is 24.4. The molecule has 0 saturated carbocycles. The van der Waals surface area contributed by atoms with Gasteiger partial charge in [-0.15, -0.1) is 0 Å². The monoisotopic (exact) mass is 1130 g/mol. The first-order valence-corrected chi connectivity index (χ1v) is 35.4. The van der Waals surface area contributed by atoms with Crippen molar-refractivity contribution in [3.8, 4) is 0 Å². The number of hydrogen-bond donors (Lipinski definition) is 0. The maximum Gasteiger partial charge on any atom is 0.306 e. The zero-order valence-electron chi connectivity index (χ0n) is 54.1. The van der Waals surface area contributed by atoms with Crippen LogP contribution >= 0.6 is 0 Å². The van der Waals surface area contributed by atoms with Crippen LogP contribution in [0.2, 0.25) is 0 Å². The van der Waals surface area contributed by atoms with Gasteiger partial charge in [-0.2, -0.15) is 0 Å². The zero-order chi connectivity index (χ0) is 58.5. The fourth-order valence-corrected chi connectivity index (χ4v) is 10.4. The molecule has 0 aliphatic rings. The van der Waals surface area contributed by atoms with E-state index >= 15 is 0 Å². The Morgan fingerprint density at radius 2 is 0.481 bits per heavy atom. The van der Waals surface area contributed by atoms with Crippen molar-refractivity contribution in [1.29, 1.82) is 0 Å². The molecule has 0 aromatic carbocycles.